The van der Waals surface area contributed by atoms with Crippen LogP contribution in [0.3, 0.4) is 0 Å². The molecule has 1 aromatic carbocycles. The van der Waals surface area contributed by atoms with Gasteiger partial charge in [0.2, 0.25) is 5.91 Å². The average molecular weight is 364 g/mol. The number of hydrogen-bond donors (Lipinski definition) is 2. The van der Waals surface area contributed by atoms with E-state index in [1.54, 1.807) is 24.3 Å². The molecule has 1 saturated heterocycles. The summed E-state index contributed by atoms with van der Waals surface area (Å²) in [6.07, 6.45) is 0.963. The van der Waals surface area contributed by atoms with E-state index in [0.29, 0.717) is 36.8 Å². The number of hydrogen-bond acceptors (Lipinski definition) is 5. The van der Waals surface area contributed by atoms with Crippen LogP contribution >= 0.6 is 11.6 Å². The second kappa shape index (κ2) is 7.25. The molecule has 0 radical (unpaired) electrons. The molecule has 2 amide bonds. The molecule has 0 aliphatic carbocycles. The van der Waals surface area contributed by atoms with Gasteiger partial charge in [-0.15, -0.1) is 0 Å². The lowest BCUT2D eigenvalue weighted by Crippen LogP contribution is -2.49. The Morgan fingerprint density at radius 3 is 2.72 bits per heavy atom. The minimum absolute atomic E-state index is 0.127. The molecule has 132 valence electrons. The molecule has 0 saturated carbocycles. The number of benzene rings is 1. The fraction of sp³-hybridized carbons (Fsp3) is 0.353. The Balaban J connectivity index is 1.68. The van der Waals surface area contributed by atoms with E-state index >= 15 is 0 Å². The smallest absolute Gasteiger partial charge is 0.273 e. The zero-order chi connectivity index (χ0) is 17.9. The lowest BCUT2D eigenvalue weighted by Gasteiger charge is -2.34. The predicted octanol–water partition coefficient (Wildman–Crippen LogP) is 2.01. The van der Waals surface area contributed by atoms with Crippen molar-refractivity contribution in [1.82, 2.24) is 10.5 Å². The quantitative estimate of drug-likeness (QED) is 0.844. The van der Waals surface area contributed by atoms with Crippen LogP contribution in [0.15, 0.2) is 34.9 Å². The van der Waals surface area contributed by atoms with Crippen LogP contribution in [0.4, 0.5) is 0 Å². The van der Waals surface area contributed by atoms with Crippen LogP contribution in [-0.4, -0.2) is 36.7 Å². The van der Waals surface area contributed by atoms with Gasteiger partial charge in [0.25, 0.3) is 5.91 Å². The topological polar surface area (TPSA) is 107 Å². The van der Waals surface area contributed by atoms with Gasteiger partial charge in [-0.1, -0.05) is 28.9 Å². The number of carbonyl (C=O) groups excluding carboxylic acids is 2. The van der Waals surface area contributed by atoms with E-state index in [2.05, 4.69) is 10.5 Å². The third-order valence-electron chi connectivity index (χ3n) is 4.41. The van der Waals surface area contributed by atoms with Crippen LogP contribution in [0.5, 0.6) is 0 Å². The van der Waals surface area contributed by atoms with E-state index in [9.17, 15) is 9.59 Å². The molecule has 0 unspecified atom stereocenters. The van der Waals surface area contributed by atoms with Gasteiger partial charge < -0.3 is 20.3 Å². The largest absolute Gasteiger partial charge is 0.381 e. The average Bonchev–Trinajstić information content (AvgIpc) is 3.10. The van der Waals surface area contributed by atoms with Crippen molar-refractivity contribution in [2.75, 3.05) is 19.8 Å². The Labute approximate surface area is 149 Å². The third kappa shape index (κ3) is 3.83. The van der Waals surface area contributed by atoms with E-state index in [4.69, 9.17) is 26.6 Å². The molecule has 8 heteroatoms. The molecule has 0 atom stereocenters. The van der Waals surface area contributed by atoms with Gasteiger partial charge in [0.1, 0.15) is 0 Å². The van der Waals surface area contributed by atoms with Crippen LogP contribution in [0.2, 0.25) is 5.02 Å². The summed E-state index contributed by atoms with van der Waals surface area (Å²) < 4.78 is 10.5. The van der Waals surface area contributed by atoms with E-state index in [0.717, 1.165) is 5.56 Å². The van der Waals surface area contributed by atoms with Gasteiger partial charge in [-0.05, 0) is 25.0 Å². The number of rotatable bonds is 5. The van der Waals surface area contributed by atoms with Crippen LogP contribution in [0, 0.1) is 5.41 Å². The first-order valence-corrected chi connectivity index (χ1v) is 8.26. The summed E-state index contributed by atoms with van der Waals surface area (Å²) in [6, 6.07) is 8.57. The predicted molar refractivity (Wildman–Crippen MR) is 91.0 cm³/mol. The fourth-order valence-electron chi connectivity index (χ4n) is 2.77. The maximum atomic E-state index is 12.3. The van der Waals surface area contributed by atoms with Crippen molar-refractivity contribution in [2.45, 2.75) is 12.8 Å². The number of nitrogens with one attached hydrogen (secondary N) is 1. The minimum Gasteiger partial charge on any atom is -0.381 e. The minimum atomic E-state index is -0.784. The van der Waals surface area contributed by atoms with E-state index in [1.165, 1.54) is 6.07 Å². The summed E-state index contributed by atoms with van der Waals surface area (Å²) in [4.78, 5) is 24.1. The summed E-state index contributed by atoms with van der Waals surface area (Å²) in [5, 5.41) is 7.06. The Morgan fingerprint density at radius 1 is 1.28 bits per heavy atom. The van der Waals surface area contributed by atoms with Crippen molar-refractivity contribution in [1.29, 1.82) is 0 Å². The molecule has 0 spiro atoms. The molecule has 1 aliphatic rings. The Bertz CT molecular complexity index is 784. The van der Waals surface area contributed by atoms with Crippen LogP contribution in [0.1, 0.15) is 23.3 Å². The lowest BCUT2D eigenvalue weighted by atomic mass is 9.79. The van der Waals surface area contributed by atoms with Crippen molar-refractivity contribution < 1.29 is 18.8 Å². The summed E-state index contributed by atoms with van der Waals surface area (Å²) >= 11 is 5.95. The van der Waals surface area contributed by atoms with E-state index in [-0.39, 0.29) is 12.2 Å². The van der Waals surface area contributed by atoms with Gasteiger partial charge >= 0.3 is 0 Å². The lowest BCUT2D eigenvalue weighted by molar-refractivity contribution is -0.132. The number of primary amides is 1. The van der Waals surface area contributed by atoms with Gasteiger partial charge in [0.05, 0.1) is 5.41 Å². The third-order valence-corrected chi connectivity index (χ3v) is 4.65. The molecule has 3 N–H and O–H groups in total. The van der Waals surface area contributed by atoms with Crippen molar-refractivity contribution in [3.8, 4) is 11.3 Å². The SMILES string of the molecule is NC(=O)C1(CNC(=O)c2cc(-c3cccc(Cl)c3)on2)CCOCC1. The molecule has 1 aromatic heterocycles. The van der Waals surface area contributed by atoms with Gasteiger partial charge in [0.15, 0.2) is 11.5 Å². The number of nitrogens with two attached hydrogens (primary N) is 1. The van der Waals surface area contributed by atoms with E-state index < -0.39 is 17.2 Å². The Kier molecular flexibility index (Phi) is 5.06. The summed E-state index contributed by atoms with van der Waals surface area (Å²) in [5.74, 6) is -0.427. The molecule has 25 heavy (non-hydrogen) atoms. The second-order valence-corrected chi connectivity index (χ2v) is 6.46. The highest BCUT2D eigenvalue weighted by Gasteiger charge is 2.38. The molecule has 1 aliphatic heterocycles. The number of carbonyl (C=O) groups is 2. The number of ether oxygens (including phenoxy) is 1. The monoisotopic (exact) mass is 363 g/mol. The highest BCUT2D eigenvalue weighted by atomic mass is 35.5. The molecular weight excluding hydrogens is 346 g/mol. The number of halogens is 1. The molecular formula is C17H18ClN3O4. The molecule has 0 bridgehead atoms. The van der Waals surface area contributed by atoms with Crippen LogP contribution in [0.25, 0.3) is 11.3 Å². The summed E-state index contributed by atoms with van der Waals surface area (Å²) in [6.45, 7) is 1.03. The number of nitrogens with zero attached hydrogens (tertiary/aromatic N) is 1. The van der Waals surface area contributed by atoms with Crippen LogP contribution in [-0.2, 0) is 9.53 Å². The zero-order valence-corrected chi connectivity index (χ0v) is 14.2. The molecule has 2 heterocycles. The number of amides is 2. The maximum Gasteiger partial charge on any atom is 0.273 e. The van der Waals surface area contributed by atoms with Crippen molar-refractivity contribution >= 4 is 23.4 Å². The van der Waals surface area contributed by atoms with Gasteiger partial charge in [0, 0.05) is 36.4 Å². The van der Waals surface area contributed by atoms with Gasteiger partial charge in [-0.25, -0.2) is 0 Å². The molecule has 7 nitrogen and oxygen atoms in total. The zero-order valence-electron chi connectivity index (χ0n) is 13.5. The first-order valence-electron chi connectivity index (χ1n) is 7.89. The molecule has 3 rings (SSSR count). The van der Waals surface area contributed by atoms with Crippen LogP contribution < -0.4 is 11.1 Å². The van der Waals surface area contributed by atoms with E-state index in [1.807, 2.05) is 0 Å². The van der Waals surface area contributed by atoms with Gasteiger partial charge in [-0.2, -0.15) is 0 Å². The number of aromatic nitrogens is 1. The van der Waals surface area contributed by atoms with Crippen molar-refractivity contribution in [3.05, 3.63) is 41.0 Å². The molecule has 2 aromatic rings. The Hall–Kier alpha value is -2.38. The summed E-state index contributed by atoms with van der Waals surface area (Å²) in [5.41, 5.74) is 5.59. The second-order valence-electron chi connectivity index (χ2n) is 6.03. The standard InChI is InChI=1S/C17H18ClN3O4/c18-12-3-1-2-11(8-12)14-9-13(21-25-14)15(22)20-10-17(16(19)23)4-6-24-7-5-17/h1-3,8-9H,4-7,10H2,(H2,19,23)(H,20,22). The molecule has 1 fully saturated rings. The first-order chi connectivity index (χ1) is 12.0. The first kappa shape index (κ1) is 17.4. The Morgan fingerprint density at radius 2 is 2.04 bits per heavy atom. The highest BCUT2D eigenvalue weighted by molar-refractivity contribution is 6.30. The fourth-order valence-corrected chi connectivity index (χ4v) is 2.96. The van der Waals surface area contributed by atoms with Gasteiger partial charge in [-0.3, -0.25) is 9.59 Å². The van der Waals surface area contributed by atoms with Crippen molar-refractivity contribution in [2.24, 2.45) is 11.1 Å². The van der Waals surface area contributed by atoms with Crippen molar-refractivity contribution in [3.63, 3.8) is 0 Å². The highest BCUT2D eigenvalue weighted by Crippen LogP contribution is 2.29. The summed E-state index contributed by atoms with van der Waals surface area (Å²) in [7, 11) is 0. The maximum absolute atomic E-state index is 12.3. The normalized spacial score (nSPS) is 16.4.